The van der Waals surface area contributed by atoms with E-state index in [1.165, 1.54) is 16.8 Å². The van der Waals surface area contributed by atoms with Crippen LogP contribution in [0.25, 0.3) is 0 Å². The molecule has 0 bridgehead atoms. The van der Waals surface area contributed by atoms with Crippen molar-refractivity contribution in [1.82, 2.24) is 14.8 Å². The third-order valence-electron chi connectivity index (χ3n) is 3.28. The second-order valence-corrected chi connectivity index (χ2v) is 5.46. The van der Waals surface area contributed by atoms with Crippen LogP contribution in [0.1, 0.15) is 11.4 Å². The molecule has 1 heterocycles. The number of nitrogens with zero attached hydrogens (tertiary/aromatic N) is 2. The molecule has 0 aliphatic rings. The molecular weight excluding hydrogens is 319 g/mol. The van der Waals surface area contributed by atoms with Crippen molar-refractivity contribution in [3.63, 3.8) is 0 Å². The summed E-state index contributed by atoms with van der Waals surface area (Å²) in [7, 11) is 0. The van der Waals surface area contributed by atoms with E-state index in [1.54, 1.807) is 24.3 Å². The zero-order chi connectivity index (χ0) is 16.2. The predicted octanol–water partition coefficient (Wildman–Crippen LogP) is 3.02. The first-order valence-corrected chi connectivity index (χ1v) is 7.38. The second-order valence-electron chi connectivity index (χ2n) is 5.02. The molecule has 0 aliphatic heterocycles. The summed E-state index contributed by atoms with van der Waals surface area (Å²) < 4.78 is 14.2. The fourth-order valence-corrected chi connectivity index (χ4v) is 2.23. The SMILES string of the molecule is O=c1[nH]c(CNc2ccc(Cl)cc2)nn1Cc1ccc(F)cc1. The van der Waals surface area contributed by atoms with Gasteiger partial charge >= 0.3 is 5.69 Å². The highest BCUT2D eigenvalue weighted by atomic mass is 35.5. The van der Waals surface area contributed by atoms with Crippen molar-refractivity contribution in [2.45, 2.75) is 13.1 Å². The van der Waals surface area contributed by atoms with E-state index >= 15 is 0 Å². The summed E-state index contributed by atoms with van der Waals surface area (Å²) in [6.45, 7) is 0.670. The summed E-state index contributed by atoms with van der Waals surface area (Å²) in [5, 5.41) is 8.03. The molecule has 0 radical (unpaired) electrons. The number of halogens is 2. The molecule has 7 heteroatoms. The zero-order valence-electron chi connectivity index (χ0n) is 12.1. The molecule has 0 fully saturated rings. The van der Waals surface area contributed by atoms with E-state index in [2.05, 4.69) is 15.4 Å². The van der Waals surface area contributed by atoms with E-state index in [4.69, 9.17) is 11.6 Å². The average Bonchev–Trinajstić information content (AvgIpc) is 2.89. The molecule has 0 unspecified atom stereocenters. The van der Waals surface area contributed by atoms with E-state index in [0.29, 0.717) is 17.4 Å². The minimum Gasteiger partial charge on any atom is -0.378 e. The van der Waals surface area contributed by atoms with Crippen molar-refractivity contribution in [1.29, 1.82) is 0 Å². The normalized spacial score (nSPS) is 10.7. The van der Waals surface area contributed by atoms with Gasteiger partial charge in [0, 0.05) is 10.7 Å². The fraction of sp³-hybridized carbons (Fsp3) is 0.125. The number of hydrogen-bond acceptors (Lipinski definition) is 3. The number of benzene rings is 2. The lowest BCUT2D eigenvalue weighted by Crippen LogP contribution is -2.18. The van der Waals surface area contributed by atoms with Crippen LogP contribution >= 0.6 is 11.6 Å². The maximum atomic E-state index is 12.9. The van der Waals surface area contributed by atoms with Crippen molar-refractivity contribution < 1.29 is 4.39 Å². The lowest BCUT2D eigenvalue weighted by atomic mass is 10.2. The van der Waals surface area contributed by atoms with Crippen LogP contribution in [0.15, 0.2) is 53.3 Å². The third kappa shape index (κ3) is 3.98. The average molecular weight is 333 g/mol. The van der Waals surface area contributed by atoms with Crippen molar-refractivity contribution in [3.05, 3.63) is 81.2 Å². The van der Waals surface area contributed by atoms with Gasteiger partial charge in [-0.2, -0.15) is 5.10 Å². The van der Waals surface area contributed by atoms with E-state index < -0.39 is 0 Å². The molecule has 118 valence electrons. The lowest BCUT2D eigenvalue weighted by Gasteiger charge is -2.03. The molecule has 3 aromatic rings. The topological polar surface area (TPSA) is 62.7 Å². The highest BCUT2D eigenvalue weighted by Crippen LogP contribution is 2.13. The third-order valence-corrected chi connectivity index (χ3v) is 3.53. The van der Waals surface area contributed by atoms with Gasteiger partial charge in [-0.15, -0.1) is 0 Å². The molecule has 2 aromatic carbocycles. The van der Waals surface area contributed by atoms with Gasteiger partial charge in [-0.05, 0) is 42.0 Å². The zero-order valence-corrected chi connectivity index (χ0v) is 12.8. The van der Waals surface area contributed by atoms with Crippen LogP contribution < -0.4 is 11.0 Å². The molecule has 0 spiro atoms. The van der Waals surface area contributed by atoms with Gasteiger partial charge in [0.05, 0.1) is 13.1 Å². The van der Waals surface area contributed by atoms with E-state index in [-0.39, 0.29) is 18.1 Å². The van der Waals surface area contributed by atoms with Gasteiger partial charge in [0.15, 0.2) is 0 Å². The van der Waals surface area contributed by atoms with Crippen molar-refractivity contribution in [2.75, 3.05) is 5.32 Å². The first-order valence-electron chi connectivity index (χ1n) is 7.00. The minimum atomic E-state index is -0.309. The van der Waals surface area contributed by atoms with Gasteiger partial charge in [0.25, 0.3) is 0 Å². The first kappa shape index (κ1) is 15.3. The maximum absolute atomic E-state index is 12.9. The molecule has 0 atom stereocenters. The first-order chi connectivity index (χ1) is 11.1. The molecule has 0 aliphatic carbocycles. The lowest BCUT2D eigenvalue weighted by molar-refractivity contribution is 0.621. The second kappa shape index (κ2) is 6.66. The monoisotopic (exact) mass is 332 g/mol. The Labute approximate surface area is 136 Å². The Bertz CT molecular complexity index is 840. The van der Waals surface area contributed by atoms with Gasteiger partial charge in [-0.3, -0.25) is 4.98 Å². The van der Waals surface area contributed by atoms with Crippen molar-refractivity contribution in [2.24, 2.45) is 0 Å². The number of aromatic nitrogens is 3. The molecule has 0 amide bonds. The van der Waals surface area contributed by atoms with Gasteiger partial charge in [-0.1, -0.05) is 23.7 Å². The summed E-state index contributed by atoms with van der Waals surface area (Å²) >= 11 is 5.83. The van der Waals surface area contributed by atoms with E-state index in [9.17, 15) is 9.18 Å². The van der Waals surface area contributed by atoms with Crippen LogP contribution in [0, 0.1) is 5.82 Å². The molecule has 23 heavy (non-hydrogen) atoms. The molecule has 2 N–H and O–H groups in total. The van der Waals surface area contributed by atoms with Gasteiger partial charge in [0.2, 0.25) is 0 Å². The number of anilines is 1. The Hall–Kier alpha value is -2.60. The summed E-state index contributed by atoms with van der Waals surface area (Å²) in [6.07, 6.45) is 0. The largest absolute Gasteiger partial charge is 0.378 e. The van der Waals surface area contributed by atoms with Gasteiger partial charge < -0.3 is 5.32 Å². The number of rotatable bonds is 5. The summed E-state index contributed by atoms with van der Waals surface area (Å²) in [6, 6.07) is 13.2. The van der Waals surface area contributed by atoms with Crippen LogP contribution in [0.2, 0.25) is 5.02 Å². The highest BCUT2D eigenvalue weighted by Gasteiger charge is 2.06. The van der Waals surface area contributed by atoms with Crippen LogP contribution in [-0.2, 0) is 13.1 Å². The molecule has 3 rings (SSSR count). The van der Waals surface area contributed by atoms with Crippen LogP contribution in [-0.4, -0.2) is 14.8 Å². The Balaban J connectivity index is 1.67. The summed E-state index contributed by atoms with van der Waals surface area (Å²) in [4.78, 5) is 14.6. The van der Waals surface area contributed by atoms with Crippen molar-refractivity contribution in [3.8, 4) is 0 Å². The number of hydrogen-bond donors (Lipinski definition) is 2. The van der Waals surface area contributed by atoms with Crippen LogP contribution in [0.3, 0.4) is 0 Å². The quantitative estimate of drug-likeness (QED) is 0.755. The smallest absolute Gasteiger partial charge is 0.343 e. The number of H-pyrrole nitrogens is 1. The standard InChI is InChI=1S/C16H14ClFN4O/c17-12-3-7-14(8-4-12)19-9-15-20-16(23)22(21-15)10-11-1-5-13(18)6-2-11/h1-8,19H,9-10H2,(H,20,21,23). The van der Waals surface area contributed by atoms with Crippen LogP contribution in [0.4, 0.5) is 10.1 Å². The molecule has 5 nitrogen and oxygen atoms in total. The van der Waals surface area contributed by atoms with E-state index in [1.807, 2.05) is 12.1 Å². The molecule has 0 saturated carbocycles. The van der Waals surface area contributed by atoms with Gasteiger partial charge in [0.1, 0.15) is 11.6 Å². The Morgan fingerprint density at radius 2 is 1.83 bits per heavy atom. The van der Waals surface area contributed by atoms with Crippen LogP contribution in [0.5, 0.6) is 0 Å². The summed E-state index contributed by atoms with van der Waals surface area (Å²) in [5.41, 5.74) is 1.38. The predicted molar refractivity (Wildman–Crippen MR) is 87.1 cm³/mol. The number of aromatic amines is 1. The number of nitrogens with one attached hydrogen (secondary N) is 2. The van der Waals surface area contributed by atoms with E-state index in [0.717, 1.165) is 11.3 Å². The fourth-order valence-electron chi connectivity index (χ4n) is 2.11. The summed E-state index contributed by atoms with van der Waals surface area (Å²) in [5.74, 6) is 0.211. The molecule has 1 aromatic heterocycles. The molecule has 0 saturated heterocycles. The van der Waals surface area contributed by atoms with Crippen molar-refractivity contribution >= 4 is 17.3 Å². The van der Waals surface area contributed by atoms with Gasteiger partial charge in [-0.25, -0.2) is 13.9 Å². The highest BCUT2D eigenvalue weighted by molar-refractivity contribution is 6.30. The Morgan fingerprint density at radius 1 is 1.13 bits per heavy atom. The Kier molecular flexibility index (Phi) is 4.43. The Morgan fingerprint density at radius 3 is 2.52 bits per heavy atom. The maximum Gasteiger partial charge on any atom is 0.343 e. The molecular formula is C16H14ClFN4O. The minimum absolute atomic E-state index is 0.288.